The number of thioether (sulfide) groups is 1. The van der Waals surface area contributed by atoms with Crippen LogP contribution in [0.25, 0.3) is 0 Å². The van der Waals surface area contributed by atoms with Gasteiger partial charge in [-0.15, -0.1) is 11.8 Å². The molecule has 0 unspecified atom stereocenters. The van der Waals surface area contributed by atoms with Crippen LogP contribution in [0.1, 0.15) is 11.1 Å². The molecule has 7 heteroatoms. The first kappa shape index (κ1) is 21.1. The number of carbonyl (C=O) groups is 2. The highest BCUT2D eigenvalue weighted by Crippen LogP contribution is 2.26. The van der Waals surface area contributed by atoms with Gasteiger partial charge in [-0.3, -0.25) is 4.79 Å². The minimum Gasteiger partial charge on any atom is -0.481 e. The van der Waals surface area contributed by atoms with Gasteiger partial charge in [0.15, 0.2) is 13.2 Å². The van der Waals surface area contributed by atoms with Crippen molar-refractivity contribution in [2.75, 3.05) is 25.5 Å². The quantitative estimate of drug-likeness (QED) is 0.389. The van der Waals surface area contributed by atoms with Gasteiger partial charge >= 0.3 is 5.97 Å². The molecule has 0 radical (unpaired) electrons. The number of carbonyl (C=O) groups excluding carboxylic acids is 2. The zero-order valence-electron chi connectivity index (χ0n) is 15.3. The second-order valence-corrected chi connectivity index (χ2v) is 7.43. The predicted octanol–water partition coefficient (Wildman–Crippen LogP) is 3.79. The summed E-state index contributed by atoms with van der Waals surface area (Å²) >= 11 is 7.61. The van der Waals surface area contributed by atoms with Crippen LogP contribution in [0.2, 0.25) is 5.02 Å². The van der Waals surface area contributed by atoms with E-state index in [2.05, 4.69) is 5.32 Å². The molecule has 0 spiro atoms. The number of rotatable bonds is 9. The average molecular weight is 408 g/mol. The maximum Gasteiger partial charge on any atom is 0.344 e. The van der Waals surface area contributed by atoms with E-state index in [1.165, 1.54) is 0 Å². The molecule has 0 aromatic heterocycles. The molecule has 2 rings (SSSR count). The van der Waals surface area contributed by atoms with Crippen molar-refractivity contribution in [3.63, 3.8) is 0 Å². The molecule has 27 heavy (non-hydrogen) atoms. The first-order valence-electron chi connectivity index (χ1n) is 8.45. The second kappa shape index (κ2) is 10.8. The van der Waals surface area contributed by atoms with Gasteiger partial charge in [0.1, 0.15) is 5.75 Å². The Hall–Kier alpha value is -2.18. The van der Waals surface area contributed by atoms with Gasteiger partial charge in [0.25, 0.3) is 5.91 Å². The van der Waals surface area contributed by atoms with E-state index in [4.69, 9.17) is 21.1 Å². The Morgan fingerprint density at radius 1 is 1.07 bits per heavy atom. The van der Waals surface area contributed by atoms with E-state index in [9.17, 15) is 9.59 Å². The number of hydrogen-bond donors (Lipinski definition) is 1. The minimum absolute atomic E-state index is 0.263. The van der Waals surface area contributed by atoms with Crippen LogP contribution < -0.4 is 10.1 Å². The summed E-state index contributed by atoms with van der Waals surface area (Å²) in [6.07, 6.45) is 0. The predicted molar refractivity (Wildman–Crippen MR) is 108 cm³/mol. The Labute approximate surface area is 168 Å². The van der Waals surface area contributed by atoms with E-state index in [0.29, 0.717) is 17.3 Å². The fraction of sp³-hybridized carbons (Fsp3) is 0.300. The van der Waals surface area contributed by atoms with Crippen molar-refractivity contribution in [1.29, 1.82) is 0 Å². The second-order valence-electron chi connectivity index (χ2n) is 5.83. The van der Waals surface area contributed by atoms with Gasteiger partial charge in [-0.2, -0.15) is 0 Å². The molecule has 2 aromatic carbocycles. The van der Waals surface area contributed by atoms with E-state index in [1.807, 2.05) is 44.2 Å². The van der Waals surface area contributed by atoms with Gasteiger partial charge < -0.3 is 14.8 Å². The standard InChI is InChI=1S/C20H22ClNO4S/c1-14-10-16(21)11-15(2)20(14)26-13-19(24)25-12-18(23)22-8-9-27-17-6-4-3-5-7-17/h3-7,10-11H,8-9,12-13H2,1-2H3,(H,22,23). The number of hydrogen-bond acceptors (Lipinski definition) is 5. The van der Waals surface area contributed by atoms with Gasteiger partial charge in [-0.1, -0.05) is 29.8 Å². The summed E-state index contributed by atoms with van der Waals surface area (Å²) in [7, 11) is 0. The first-order chi connectivity index (χ1) is 13.0. The van der Waals surface area contributed by atoms with Gasteiger partial charge in [-0.25, -0.2) is 4.79 Å². The summed E-state index contributed by atoms with van der Waals surface area (Å²) in [6.45, 7) is 3.60. The zero-order chi connectivity index (χ0) is 19.6. The fourth-order valence-electron chi connectivity index (χ4n) is 2.37. The molecule has 2 aromatic rings. The lowest BCUT2D eigenvalue weighted by atomic mass is 10.1. The third-order valence-electron chi connectivity index (χ3n) is 3.56. The summed E-state index contributed by atoms with van der Waals surface area (Å²) in [5.41, 5.74) is 1.67. The molecule has 1 N–H and O–H groups in total. The Bertz CT molecular complexity index is 760. The molecule has 0 atom stereocenters. The van der Waals surface area contributed by atoms with Gasteiger partial charge in [-0.05, 0) is 49.2 Å². The van der Waals surface area contributed by atoms with Crippen molar-refractivity contribution in [2.24, 2.45) is 0 Å². The summed E-state index contributed by atoms with van der Waals surface area (Å²) in [4.78, 5) is 24.6. The van der Waals surface area contributed by atoms with Crippen molar-refractivity contribution >= 4 is 35.2 Å². The number of esters is 1. The third kappa shape index (κ3) is 7.53. The van der Waals surface area contributed by atoms with Gasteiger partial charge in [0.2, 0.25) is 0 Å². The number of amides is 1. The van der Waals surface area contributed by atoms with Crippen LogP contribution >= 0.6 is 23.4 Å². The number of aryl methyl sites for hydroxylation is 2. The highest BCUT2D eigenvalue weighted by Gasteiger charge is 2.11. The Balaban J connectivity index is 1.63. The van der Waals surface area contributed by atoms with Gasteiger partial charge in [0, 0.05) is 22.2 Å². The van der Waals surface area contributed by atoms with Gasteiger partial charge in [0.05, 0.1) is 0 Å². The highest BCUT2D eigenvalue weighted by molar-refractivity contribution is 7.99. The molecular weight excluding hydrogens is 386 g/mol. The maximum absolute atomic E-state index is 11.8. The topological polar surface area (TPSA) is 64.6 Å². The van der Waals surface area contributed by atoms with Crippen LogP contribution in [0, 0.1) is 13.8 Å². The first-order valence-corrected chi connectivity index (χ1v) is 9.82. The van der Waals surface area contributed by atoms with Crippen LogP contribution in [0.4, 0.5) is 0 Å². The highest BCUT2D eigenvalue weighted by atomic mass is 35.5. The minimum atomic E-state index is -0.599. The van der Waals surface area contributed by atoms with Crippen LogP contribution in [-0.2, 0) is 14.3 Å². The maximum atomic E-state index is 11.8. The number of halogens is 1. The lowest BCUT2D eigenvalue weighted by molar-refractivity contribution is -0.150. The largest absolute Gasteiger partial charge is 0.481 e. The third-order valence-corrected chi connectivity index (χ3v) is 4.79. The summed E-state index contributed by atoms with van der Waals surface area (Å²) in [5.74, 6) is 0.397. The van der Waals surface area contributed by atoms with E-state index in [-0.39, 0.29) is 19.1 Å². The molecule has 0 saturated heterocycles. The smallest absolute Gasteiger partial charge is 0.344 e. The molecule has 0 bridgehead atoms. The fourth-order valence-corrected chi connectivity index (χ4v) is 3.49. The Kier molecular flexibility index (Phi) is 8.48. The van der Waals surface area contributed by atoms with Crippen molar-refractivity contribution in [3.05, 3.63) is 58.6 Å². The molecule has 5 nitrogen and oxygen atoms in total. The average Bonchev–Trinajstić information content (AvgIpc) is 2.63. The van der Waals surface area contributed by atoms with Crippen LogP contribution in [0.3, 0.4) is 0 Å². The molecule has 144 valence electrons. The van der Waals surface area contributed by atoms with Crippen molar-refractivity contribution in [1.82, 2.24) is 5.32 Å². The zero-order valence-corrected chi connectivity index (χ0v) is 16.9. The van der Waals surface area contributed by atoms with Crippen molar-refractivity contribution < 1.29 is 19.1 Å². The summed E-state index contributed by atoms with van der Waals surface area (Å²) in [6, 6.07) is 13.4. The van der Waals surface area contributed by atoms with Crippen LogP contribution in [0.5, 0.6) is 5.75 Å². The molecule has 0 saturated carbocycles. The van der Waals surface area contributed by atoms with E-state index >= 15 is 0 Å². The van der Waals surface area contributed by atoms with E-state index in [1.54, 1.807) is 23.9 Å². The molecular formula is C20H22ClNO4S. The normalized spacial score (nSPS) is 10.3. The number of nitrogens with one attached hydrogen (secondary N) is 1. The molecule has 0 aliphatic heterocycles. The molecule has 0 heterocycles. The number of ether oxygens (including phenoxy) is 2. The summed E-state index contributed by atoms with van der Waals surface area (Å²) in [5, 5.41) is 3.33. The lowest BCUT2D eigenvalue weighted by Gasteiger charge is -2.12. The molecule has 1 amide bonds. The van der Waals surface area contributed by atoms with Crippen molar-refractivity contribution in [2.45, 2.75) is 18.7 Å². The van der Waals surface area contributed by atoms with E-state index < -0.39 is 5.97 Å². The Morgan fingerprint density at radius 2 is 1.74 bits per heavy atom. The molecule has 0 aliphatic rings. The summed E-state index contributed by atoms with van der Waals surface area (Å²) < 4.78 is 10.4. The molecule has 0 fully saturated rings. The Morgan fingerprint density at radius 3 is 2.41 bits per heavy atom. The molecule has 0 aliphatic carbocycles. The van der Waals surface area contributed by atoms with Crippen molar-refractivity contribution in [3.8, 4) is 5.75 Å². The van der Waals surface area contributed by atoms with Crippen LogP contribution in [-0.4, -0.2) is 37.4 Å². The van der Waals surface area contributed by atoms with Crippen LogP contribution in [0.15, 0.2) is 47.4 Å². The van der Waals surface area contributed by atoms with E-state index in [0.717, 1.165) is 21.8 Å². The number of benzene rings is 2. The lowest BCUT2D eigenvalue weighted by Crippen LogP contribution is -2.31. The monoisotopic (exact) mass is 407 g/mol. The SMILES string of the molecule is Cc1cc(Cl)cc(C)c1OCC(=O)OCC(=O)NCCSc1ccccc1.